The number of rotatable bonds is 3. The van der Waals surface area contributed by atoms with Gasteiger partial charge in [0.05, 0.1) is 5.60 Å². The van der Waals surface area contributed by atoms with Crippen molar-refractivity contribution in [3.63, 3.8) is 0 Å². The highest BCUT2D eigenvalue weighted by Gasteiger charge is 2.23. The second-order valence-electron chi connectivity index (χ2n) is 4.93. The van der Waals surface area contributed by atoms with Gasteiger partial charge in [-0.2, -0.15) is 0 Å². The van der Waals surface area contributed by atoms with E-state index in [1.165, 1.54) is 0 Å². The molecule has 1 N–H and O–H groups in total. The Morgan fingerprint density at radius 1 is 1.05 bits per heavy atom. The topological polar surface area (TPSA) is 20.2 Å². The van der Waals surface area contributed by atoms with Crippen LogP contribution in [0.25, 0.3) is 0 Å². The summed E-state index contributed by atoms with van der Waals surface area (Å²) in [6, 6.07) is 17.5. The van der Waals surface area contributed by atoms with Crippen LogP contribution in [-0.4, -0.2) is 5.11 Å². The van der Waals surface area contributed by atoms with Crippen LogP contribution in [0.5, 0.6) is 0 Å². The summed E-state index contributed by atoms with van der Waals surface area (Å²) in [5.41, 5.74) is 1.71. The summed E-state index contributed by atoms with van der Waals surface area (Å²) in [5, 5.41) is 10.5. The highest BCUT2D eigenvalue weighted by Crippen LogP contribution is 2.27. The highest BCUT2D eigenvalue weighted by molar-refractivity contribution is 5.48. The predicted octanol–water partition coefficient (Wildman–Crippen LogP) is 3.87. The van der Waals surface area contributed by atoms with Gasteiger partial charge in [0, 0.05) is 11.1 Å². The van der Waals surface area contributed by atoms with E-state index >= 15 is 0 Å². The van der Waals surface area contributed by atoms with Gasteiger partial charge in [-0.3, -0.25) is 0 Å². The summed E-state index contributed by atoms with van der Waals surface area (Å²) >= 11 is 0. The van der Waals surface area contributed by atoms with Crippen LogP contribution in [0.1, 0.15) is 30.0 Å². The Balaban J connectivity index is 2.39. The molecular weight excluding hydrogens is 244 g/mol. The third-order valence-electron chi connectivity index (χ3n) is 3.16. The summed E-state index contributed by atoms with van der Waals surface area (Å²) < 4.78 is 0. The van der Waals surface area contributed by atoms with Crippen molar-refractivity contribution in [2.45, 2.75) is 18.9 Å². The molecule has 0 aliphatic carbocycles. The van der Waals surface area contributed by atoms with E-state index in [4.69, 9.17) is 0 Å². The van der Waals surface area contributed by atoms with Crippen molar-refractivity contribution < 1.29 is 5.11 Å². The molecule has 2 aromatic rings. The first-order valence-electron chi connectivity index (χ1n) is 6.63. The zero-order valence-electron chi connectivity index (χ0n) is 11.6. The predicted molar refractivity (Wildman–Crippen MR) is 83.2 cm³/mol. The Morgan fingerprint density at radius 3 is 2.40 bits per heavy atom. The molecule has 0 bridgehead atoms. The van der Waals surface area contributed by atoms with Crippen LogP contribution < -0.4 is 0 Å². The molecule has 2 rings (SSSR count). The average molecular weight is 262 g/mol. The molecule has 0 aliphatic rings. The van der Waals surface area contributed by atoms with Crippen LogP contribution >= 0.6 is 0 Å². The van der Waals surface area contributed by atoms with Crippen LogP contribution in [0.2, 0.25) is 0 Å². The van der Waals surface area contributed by atoms with Gasteiger partial charge >= 0.3 is 0 Å². The number of aliphatic hydroxyl groups is 1. The molecule has 0 amide bonds. The lowest BCUT2D eigenvalue weighted by molar-refractivity contribution is 0.0604. The average Bonchev–Trinajstić information content (AvgIpc) is 2.46. The van der Waals surface area contributed by atoms with E-state index in [1.807, 2.05) is 54.6 Å². The molecule has 0 fully saturated rings. The summed E-state index contributed by atoms with van der Waals surface area (Å²) in [6.07, 6.45) is 2.22. The fourth-order valence-electron chi connectivity index (χ4n) is 2.11. The maximum Gasteiger partial charge on any atom is 0.0914 e. The fraction of sp³-hybridized carbons (Fsp3) is 0.158. The Hall–Kier alpha value is -2.30. The van der Waals surface area contributed by atoms with Crippen LogP contribution in [0.15, 0.2) is 67.3 Å². The van der Waals surface area contributed by atoms with Gasteiger partial charge in [-0.05, 0) is 37.1 Å². The van der Waals surface area contributed by atoms with E-state index in [-0.39, 0.29) is 0 Å². The van der Waals surface area contributed by atoms with Gasteiger partial charge in [0.25, 0.3) is 0 Å². The van der Waals surface area contributed by atoms with Crippen molar-refractivity contribution >= 4 is 0 Å². The molecule has 0 spiro atoms. The molecule has 1 nitrogen and oxygen atoms in total. The zero-order valence-corrected chi connectivity index (χ0v) is 11.6. The monoisotopic (exact) mass is 262 g/mol. The minimum Gasteiger partial charge on any atom is -0.385 e. The van der Waals surface area contributed by atoms with Crippen LogP contribution in [0.3, 0.4) is 0 Å². The Morgan fingerprint density at radius 2 is 1.70 bits per heavy atom. The molecule has 20 heavy (non-hydrogen) atoms. The quantitative estimate of drug-likeness (QED) is 0.657. The molecule has 0 radical (unpaired) electrons. The molecule has 1 atom stereocenters. The first-order chi connectivity index (χ1) is 9.63. The van der Waals surface area contributed by atoms with Crippen molar-refractivity contribution in [1.82, 2.24) is 0 Å². The molecule has 0 saturated heterocycles. The molecule has 0 aromatic heterocycles. The Bertz CT molecular complexity index is 642. The highest BCUT2D eigenvalue weighted by atomic mass is 16.3. The second-order valence-corrected chi connectivity index (χ2v) is 4.93. The standard InChI is InChI=1S/C19H18O/c1-3-15-19(2,20)18-12-8-7-11-17(18)14-13-16-9-5-4-6-10-16/h3-12,20H,1,15H2,2H3/t19-/m0/s1. The van der Waals surface area contributed by atoms with Gasteiger partial charge in [-0.25, -0.2) is 0 Å². The van der Waals surface area contributed by atoms with E-state index < -0.39 is 5.60 Å². The largest absolute Gasteiger partial charge is 0.385 e. The molecule has 0 saturated carbocycles. The van der Waals surface area contributed by atoms with Crippen molar-refractivity contribution in [2.75, 3.05) is 0 Å². The maximum absolute atomic E-state index is 10.5. The van der Waals surface area contributed by atoms with Gasteiger partial charge in [0.15, 0.2) is 0 Å². The van der Waals surface area contributed by atoms with Crippen molar-refractivity contribution in [3.05, 3.63) is 83.9 Å². The molecular formula is C19H18O. The minimum atomic E-state index is -0.941. The normalized spacial score (nSPS) is 12.9. The number of benzene rings is 2. The molecule has 0 unspecified atom stereocenters. The van der Waals surface area contributed by atoms with Crippen molar-refractivity contribution in [2.24, 2.45) is 0 Å². The summed E-state index contributed by atoms with van der Waals surface area (Å²) in [5.74, 6) is 6.28. The Labute approximate surface area is 120 Å². The van der Waals surface area contributed by atoms with Crippen LogP contribution in [0.4, 0.5) is 0 Å². The molecule has 2 aromatic carbocycles. The van der Waals surface area contributed by atoms with E-state index in [9.17, 15) is 5.11 Å². The number of hydrogen-bond acceptors (Lipinski definition) is 1. The van der Waals surface area contributed by atoms with Crippen LogP contribution in [0, 0.1) is 11.8 Å². The third kappa shape index (κ3) is 3.38. The van der Waals surface area contributed by atoms with Gasteiger partial charge in [0.2, 0.25) is 0 Å². The van der Waals surface area contributed by atoms with Gasteiger partial charge in [0.1, 0.15) is 0 Å². The van der Waals surface area contributed by atoms with E-state index in [2.05, 4.69) is 18.4 Å². The molecule has 1 heteroatoms. The lowest BCUT2D eigenvalue weighted by Crippen LogP contribution is -2.21. The summed E-state index contributed by atoms with van der Waals surface area (Å²) in [7, 11) is 0. The van der Waals surface area contributed by atoms with E-state index in [0.717, 1.165) is 16.7 Å². The van der Waals surface area contributed by atoms with Crippen molar-refractivity contribution in [1.29, 1.82) is 0 Å². The lowest BCUT2D eigenvalue weighted by Gasteiger charge is -2.23. The van der Waals surface area contributed by atoms with Gasteiger partial charge < -0.3 is 5.11 Å². The van der Waals surface area contributed by atoms with Gasteiger partial charge in [-0.1, -0.05) is 54.3 Å². The van der Waals surface area contributed by atoms with Crippen LogP contribution in [-0.2, 0) is 5.60 Å². The zero-order chi connectivity index (χ0) is 14.4. The van der Waals surface area contributed by atoms with E-state index in [0.29, 0.717) is 6.42 Å². The summed E-state index contributed by atoms with van der Waals surface area (Å²) in [6.45, 7) is 5.49. The maximum atomic E-state index is 10.5. The van der Waals surface area contributed by atoms with Crippen molar-refractivity contribution in [3.8, 4) is 11.8 Å². The number of hydrogen-bond donors (Lipinski definition) is 1. The molecule has 0 heterocycles. The second kappa shape index (κ2) is 6.23. The summed E-state index contributed by atoms with van der Waals surface area (Å²) in [4.78, 5) is 0. The third-order valence-corrected chi connectivity index (χ3v) is 3.16. The smallest absolute Gasteiger partial charge is 0.0914 e. The molecule has 0 aliphatic heterocycles. The first kappa shape index (κ1) is 14.1. The van der Waals surface area contributed by atoms with Gasteiger partial charge in [-0.15, -0.1) is 6.58 Å². The lowest BCUT2D eigenvalue weighted by atomic mass is 9.89. The fourth-order valence-corrected chi connectivity index (χ4v) is 2.11. The molecule has 100 valence electrons. The SMILES string of the molecule is C=CC[C@](C)(O)c1ccccc1C#Cc1ccccc1. The first-order valence-corrected chi connectivity index (χ1v) is 6.63. The minimum absolute atomic E-state index is 0.497. The Kier molecular flexibility index (Phi) is 4.40. The van der Waals surface area contributed by atoms with E-state index in [1.54, 1.807) is 13.0 Å².